The lowest BCUT2D eigenvalue weighted by molar-refractivity contribution is -0.136. The molecule has 1 aromatic rings. The summed E-state index contributed by atoms with van der Waals surface area (Å²) in [5.41, 5.74) is -0.156. The van der Waals surface area contributed by atoms with Crippen molar-refractivity contribution in [2.75, 3.05) is 4.90 Å². The van der Waals surface area contributed by atoms with Gasteiger partial charge in [-0.25, -0.2) is 0 Å². The summed E-state index contributed by atoms with van der Waals surface area (Å²) < 4.78 is 0.802. The second kappa shape index (κ2) is 4.39. The highest BCUT2D eigenvalue weighted by Gasteiger charge is 2.44. The molecule has 0 saturated carbocycles. The van der Waals surface area contributed by atoms with E-state index in [1.807, 2.05) is 24.3 Å². The zero-order chi connectivity index (χ0) is 13.5. The minimum Gasteiger partial charge on any atom is -0.340 e. The maximum Gasteiger partial charge on any atom is 0.252 e. The number of hydrogen-bond acceptors (Lipinski definition) is 2. The molecule has 96 valence electrons. The number of halogens is 1. The quantitative estimate of drug-likeness (QED) is 0.863. The van der Waals surface area contributed by atoms with Gasteiger partial charge in [0, 0.05) is 4.47 Å². The predicted molar refractivity (Wildman–Crippen MR) is 73.3 cm³/mol. The average molecular weight is 311 g/mol. The zero-order valence-corrected chi connectivity index (χ0v) is 12.1. The minimum absolute atomic E-state index is 0.110. The van der Waals surface area contributed by atoms with Gasteiger partial charge in [0.05, 0.1) is 5.69 Å². The fourth-order valence-corrected chi connectivity index (χ4v) is 2.50. The molecule has 4 nitrogen and oxygen atoms in total. The Morgan fingerprint density at radius 2 is 1.89 bits per heavy atom. The van der Waals surface area contributed by atoms with Crippen LogP contribution in [0, 0.1) is 0 Å². The van der Waals surface area contributed by atoms with E-state index in [0.717, 1.165) is 10.2 Å². The molecular weight excluding hydrogens is 296 g/mol. The van der Waals surface area contributed by atoms with Gasteiger partial charge in [-0.15, -0.1) is 0 Å². The number of hydrogen-bond donors (Lipinski definition) is 1. The van der Waals surface area contributed by atoms with E-state index < -0.39 is 11.6 Å². The number of nitrogens with zero attached hydrogens (tertiary/aromatic N) is 1. The Balaban J connectivity index is 2.50. The van der Waals surface area contributed by atoms with Crippen LogP contribution in [0.4, 0.5) is 5.69 Å². The van der Waals surface area contributed by atoms with Crippen LogP contribution in [0.1, 0.15) is 20.8 Å². The first-order valence-electron chi connectivity index (χ1n) is 5.75. The van der Waals surface area contributed by atoms with Crippen LogP contribution in [0.2, 0.25) is 0 Å². The van der Waals surface area contributed by atoms with Crippen molar-refractivity contribution in [3.63, 3.8) is 0 Å². The van der Waals surface area contributed by atoms with Gasteiger partial charge in [-0.05, 0) is 48.8 Å². The summed E-state index contributed by atoms with van der Waals surface area (Å²) in [6.07, 6.45) is 0. The molecule has 2 amide bonds. The summed E-state index contributed by atoms with van der Waals surface area (Å²) in [7, 11) is 0. The molecule has 5 heteroatoms. The number of piperazine rings is 1. The molecular formula is C13H15BrN2O2. The fourth-order valence-electron chi connectivity index (χ4n) is 2.03. The van der Waals surface area contributed by atoms with E-state index in [0.29, 0.717) is 0 Å². The lowest BCUT2D eigenvalue weighted by Gasteiger charge is -2.41. The van der Waals surface area contributed by atoms with E-state index in [1.165, 1.54) is 0 Å². The zero-order valence-electron chi connectivity index (χ0n) is 10.5. The summed E-state index contributed by atoms with van der Waals surface area (Å²) in [6.45, 7) is 5.15. The second-order valence-electron chi connectivity index (χ2n) is 4.92. The third-order valence-corrected chi connectivity index (χ3v) is 3.74. The summed E-state index contributed by atoms with van der Waals surface area (Å²) >= 11 is 3.42. The Kier molecular flexibility index (Phi) is 3.19. The molecule has 18 heavy (non-hydrogen) atoms. The van der Waals surface area contributed by atoms with Gasteiger partial charge < -0.3 is 5.32 Å². The number of amides is 2. The van der Waals surface area contributed by atoms with Crippen LogP contribution in [0.5, 0.6) is 0 Å². The molecule has 1 aliphatic rings. The van der Waals surface area contributed by atoms with Crippen molar-refractivity contribution in [3.8, 4) is 0 Å². The van der Waals surface area contributed by atoms with Gasteiger partial charge in [0.15, 0.2) is 0 Å². The molecule has 1 N–H and O–H groups in total. The van der Waals surface area contributed by atoms with E-state index in [-0.39, 0.29) is 11.8 Å². The van der Waals surface area contributed by atoms with E-state index in [4.69, 9.17) is 0 Å². The molecule has 0 bridgehead atoms. The molecule has 1 aliphatic heterocycles. The number of benzene rings is 1. The average Bonchev–Trinajstić information content (AvgIpc) is 2.29. The summed E-state index contributed by atoms with van der Waals surface area (Å²) in [4.78, 5) is 25.9. The van der Waals surface area contributed by atoms with Crippen molar-refractivity contribution in [1.82, 2.24) is 5.32 Å². The van der Waals surface area contributed by atoms with Crippen LogP contribution >= 0.6 is 15.9 Å². The monoisotopic (exact) mass is 310 g/mol. The van der Waals surface area contributed by atoms with Crippen molar-refractivity contribution < 1.29 is 9.59 Å². The van der Waals surface area contributed by atoms with E-state index >= 15 is 0 Å². The highest BCUT2D eigenvalue weighted by Crippen LogP contribution is 2.31. The molecule has 0 spiro atoms. The maximum absolute atomic E-state index is 12.4. The molecule has 0 aromatic heterocycles. The van der Waals surface area contributed by atoms with Crippen LogP contribution < -0.4 is 10.2 Å². The smallest absolute Gasteiger partial charge is 0.252 e. The lowest BCUT2D eigenvalue weighted by atomic mass is 9.96. The molecule has 0 aliphatic carbocycles. The van der Waals surface area contributed by atoms with Gasteiger partial charge in [0.2, 0.25) is 5.91 Å². The van der Waals surface area contributed by atoms with Crippen molar-refractivity contribution >= 4 is 33.4 Å². The van der Waals surface area contributed by atoms with Gasteiger partial charge in [-0.3, -0.25) is 14.5 Å². The van der Waals surface area contributed by atoms with Crippen LogP contribution in [-0.2, 0) is 9.59 Å². The number of anilines is 1. The summed E-state index contributed by atoms with van der Waals surface area (Å²) in [6, 6.07) is 6.89. The molecule has 1 unspecified atom stereocenters. The third-order valence-electron chi connectivity index (χ3n) is 3.07. The Hall–Kier alpha value is -1.36. The van der Waals surface area contributed by atoms with Gasteiger partial charge in [0.1, 0.15) is 11.6 Å². The standard InChI is InChI=1S/C13H15BrN2O2/c1-8-11(17)15-13(2,3)12(18)16(8)10-7-5-4-6-9(10)14/h4-8H,1-3H3,(H,15,17). The van der Waals surface area contributed by atoms with Gasteiger partial charge in [-0.1, -0.05) is 12.1 Å². The van der Waals surface area contributed by atoms with E-state index in [9.17, 15) is 9.59 Å². The van der Waals surface area contributed by atoms with Crippen molar-refractivity contribution in [2.24, 2.45) is 0 Å². The van der Waals surface area contributed by atoms with Gasteiger partial charge in [0.25, 0.3) is 5.91 Å². The largest absolute Gasteiger partial charge is 0.340 e. The topological polar surface area (TPSA) is 49.4 Å². The number of para-hydroxylation sites is 1. The number of carbonyl (C=O) groups is 2. The Morgan fingerprint density at radius 1 is 1.28 bits per heavy atom. The van der Waals surface area contributed by atoms with Crippen molar-refractivity contribution in [2.45, 2.75) is 32.4 Å². The molecule has 1 atom stereocenters. The highest BCUT2D eigenvalue weighted by atomic mass is 79.9. The Morgan fingerprint density at radius 3 is 2.50 bits per heavy atom. The second-order valence-corrected chi connectivity index (χ2v) is 5.77. The predicted octanol–water partition coefficient (Wildman–Crippen LogP) is 2.08. The van der Waals surface area contributed by atoms with Gasteiger partial charge >= 0.3 is 0 Å². The number of carbonyl (C=O) groups excluding carboxylic acids is 2. The molecule has 1 aromatic carbocycles. The molecule has 2 rings (SSSR count). The van der Waals surface area contributed by atoms with E-state index in [1.54, 1.807) is 25.7 Å². The summed E-state index contributed by atoms with van der Waals surface area (Å²) in [5.74, 6) is -0.253. The number of rotatable bonds is 1. The normalized spacial score (nSPS) is 22.9. The first-order valence-corrected chi connectivity index (χ1v) is 6.54. The highest BCUT2D eigenvalue weighted by molar-refractivity contribution is 9.10. The number of nitrogens with one attached hydrogen (secondary N) is 1. The van der Waals surface area contributed by atoms with Crippen molar-refractivity contribution in [1.29, 1.82) is 0 Å². The Labute approximate surface area is 114 Å². The Bertz CT molecular complexity index is 513. The first kappa shape index (κ1) is 13.1. The first-order chi connectivity index (χ1) is 8.34. The SMILES string of the molecule is CC1C(=O)NC(C)(C)C(=O)N1c1ccccc1Br. The molecule has 1 heterocycles. The van der Waals surface area contributed by atoms with Crippen LogP contribution in [0.3, 0.4) is 0 Å². The fraction of sp³-hybridized carbons (Fsp3) is 0.385. The van der Waals surface area contributed by atoms with Crippen LogP contribution in [-0.4, -0.2) is 23.4 Å². The van der Waals surface area contributed by atoms with E-state index in [2.05, 4.69) is 21.2 Å². The third kappa shape index (κ3) is 2.03. The molecule has 1 fully saturated rings. The molecule has 0 radical (unpaired) electrons. The maximum atomic E-state index is 12.4. The van der Waals surface area contributed by atoms with Crippen LogP contribution in [0.15, 0.2) is 28.7 Å². The van der Waals surface area contributed by atoms with Crippen molar-refractivity contribution in [3.05, 3.63) is 28.7 Å². The summed E-state index contributed by atoms with van der Waals surface area (Å²) in [5, 5.41) is 2.73. The molecule has 1 saturated heterocycles. The minimum atomic E-state index is -0.876. The van der Waals surface area contributed by atoms with Gasteiger partial charge in [-0.2, -0.15) is 0 Å². The van der Waals surface area contributed by atoms with Crippen LogP contribution in [0.25, 0.3) is 0 Å². The lowest BCUT2D eigenvalue weighted by Crippen LogP contribution is -2.67.